The Morgan fingerprint density at radius 2 is 0.957 bits per heavy atom. The molecular weight excluding hydrogens is 605 g/mol. The molecule has 46 heavy (non-hydrogen) atoms. The van der Waals surface area contributed by atoms with Crippen molar-refractivity contribution in [3.8, 4) is 0 Å². The van der Waals surface area contributed by atoms with Gasteiger partial charge in [-0.05, 0) is 25.8 Å². The van der Waals surface area contributed by atoms with Gasteiger partial charge in [0, 0.05) is 12.8 Å². The largest absolute Gasteiger partial charge is 0.472 e. The third-order valence-corrected chi connectivity index (χ3v) is 9.21. The lowest BCUT2D eigenvalue weighted by Gasteiger charge is -2.20. The van der Waals surface area contributed by atoms with Gasteiger partial charge < -0.3 is 20.1 Å². The first-order valence-corrected chi connectivity index (χ1v) is 20.5. The number of hydrogen-bond acceptors (Lipinski definition) is 8. The summed E-state index contributed by atoms with van der Waals surface area (Å²) in [4.78, 5) is 34.8. The highest BCUT2D eigenvalue weighted by Crippen LogP contribution is 2.43. The summed E-state index contributed by atoms with van der Waals surface area (Å²) >= 11 is 0. The summed E-state index contributed by atoms with van der Waals surface area (Å²) in [5.41, 5.74) is 5.40. The second-order valence-corrected chi connectivity index (χ2v) is 14.3. The van der Waals surface area contributed by atoms with Crippen molar-refractivity contribution in [3.63, 3.8) is 0 Å². The predicted octanol–water partition coefficient (Wildman–Crippen LogP) is 10.1. The van der Waals surface area contributed by atoms with Crippen LogP contribution >= 0.6 is 7.82 Å². The van der Waals surface area contributed by atoms with E-state index in [1.165, 1.54) is 116 Å². The van der Waals surface area contributed by atoms with Gasteiger partial charge in [0.15, 0.2) is 6.10 Å². The van der Waals surface area contributed by atoms with Gasteiger partial charge in [-0.15, -0.1) is 0 Å². The number of unbranched alkanes of at least 4 members (excludes halogenated alkanes) is 22. The first-order valence-electron chi connectivity index (χ1n) is 19.0. The molecule has 10 heteroatoms. The molecule has 0 radical (unpaired) electrons. The molecule has 0 saturated carbocycles. The van der Waals surface area contributed by atoms with E-state index in [1.54, 1.807) is 0 Å². The second kappa shape index (κ2) is 33.9. The molecule has 0 aliphatic heterocycles. The van der Waals surface area contributed by atoms with Crippen LogP contribution < -0.4 is 5.73 Å². The van der Waals surface area contributed by atoms with Crippen molar-refractivity contribution in [1.82, 2.24) is 0 Å². The molecule has 2 unspecified atom stereocenters. The van der Waals surface area contributed by atoms with Crippen LogP contribution in [-0.4, -0.2) is 49.3 Å². The van der Waals surface area contributed by atoms with Crippen molar-refractivity contribution in [2.75, 3.05) is 26.4 Å². The van der Waals surface area contributed by atoms with E-state index in [4.69, 9.17) is 24.3 Å². The molecule has 0 aromatic carbocycles. The fourth-order valence-electron chi connectivity index (χ4n) is 5.32. The fraction of sp³-hybridized carbons (Fsp3) is 0.944. The van der Waals surface area contributed by atoms with Gasteiger partial charge in [0.05, 0.1) is 13.2 Å². The lowest BCUT2D eigenvalue weighted by Crippen LogP contribution is -2.29. The van der Waals surface area contributed by atoms with Gasteiger partial charge in [0.2, 0.25) is 0 Å². The van der Waals surface area contributed by atoms with Gasteiger partial charge in [-0.25, -0.2) is 4.57 Å². The van der Waals surface area contributed by atoms with Crippen LogP contribution in [0, 0.1) is 0 Å². The zero-order valence-electron chi connectivity index (χ0n) is 29.8. The molecule has 0 bridgehead atoms. The minimum Gasteiger partial charge on any atom is -0.462 e. The van der Waals surface area contributed by atoms with Gasteiger partial charge in [0.1, 0.15) is 6.61 Å². The number of rotatable bonds is 36. The molecule has 0 aliphatic rings. The van der Waals surface area contributed by atoms with Gasteiger partial charge in [-0.1, -0.05) is 155 Å². The summed E-state index contributed by atoms with van der Waals surface area (Å²) in [6, 6.07) is 0. The average molecular weight is 678 g/mol. The molecule has 0 aliphatic carbocycles. The smallest absolute Gasteiger partial charge is 0.462 e. The van der Waals surface area contributed by atoms with Crippen molar-refractivity contribution < 1.29 is 37.6 Å². The van der Waals surface area contributed by atoms with Crippen molar-refractivity contribution in [3.05, 3.63) is 0 Å². The highest BCUT2D eigenvalue weighted by atomic mass is 31.2. The molecular formula is C36H72NO8P. The molecule has 0 spiro atoms. The number of hydrogen-bond donors (Lipinski definition) is 2. The molecule has 0 fully saturated rings. The average Bonchev–Trinajstić information content (AvgIpc) is 3.03. The van der Waals surface area contributed by atoms with Crippen LogP contribution in [0.4, 0.5) is 0 Å². The fourth-order valence-corrected chi connectivity index (χ4v) is 6.11. The SMILES string of the molecule is CCCCCCCCCCCCCCC(=O)OCC(COP(=O)(O)OCCCN)OC(=O)CCCCCCCCCCCCCC. The maximum absolute atomic E-state index is 12.5. The lowest BCUT2D eigenvalue weighted by atomic mass is 10.0. The van der Waals surface area contributed by atoms with E-state index in [9.17, 15) is 19.0 Å². The first kappa shape index (κ1) is 45.0. The summed E-state index contributed by atoms with van der Waals surface area (Å²) in [5, 5.41) is 0. The zero-order chi connectivity index (χ0) is 34.0. The molecule has 3 N–H and O–H groups in total. The molecule has 9 nitrogen and oxygen atoms in total. The number of carbonyl (C=O) groups is 2. The Kier molecular flexibility index (Phi) is 33.2. The minimum absolute atomic E-state index is 0.0261. The summed E-state index contributed by atoms with van der Waals surface area (Å²) in [5.74, 6) is -0.810. The Labute approximate surface area is 282 Å². The highest BCUT2D eigenvalue weighted by molar-refractivity contribution is 7.47. The molecule has 0 rings (SSSR count). The number of nitrogens with two attached hydrogens (primary N) is 1. The molecule has 0 heterocycles. The number of phosphoric ester groups is 1. The van der Waals surface area contributed by atoms with E-state index in [0.29, 0.717) is 25.8 Å². The standard InChI is InChI=1S/C36H72NO8P/c1-3-5-7-9-11-13-15-17-19-21-23-25-28-35(38)42-32-34(33-44-46(40,41)43-31-27-30-37)45-36(39)29-26-24-22-20-18-16-14-12-10-8-6-4-2/h34H,3-33,37H2,1-2H3,(H,40,41). The van der Waals surface area contributed by atoms with Gasteiger partial charge in [-0.3, -0.25) is 18.6 Å². The number of ether oxygens (including phenoxy) is 2. The number of phosphoric acid groups is 1. The molecule has 274 valence electrons. The zero-order valence-corrected chi connectivity index (χ0v) is 30.7. The van der Waals surface area contributed by atoms with Crippen LogP contribution in [0.2, 0.25) is 0 Å². The Morgan fingerprint density at radius 1 is 0.565 bits per heavy atom. The maximum Gasteiger partial charge on any atom is 0.472 e. The van der Waals surface area contributed by atoms with Gasteiger partial charge in [-0.2, -0.15) is 0 Å². The van der Waals surface area contributed by atoms with Gasteiger partial charge in [0.25, 0.3) is 0 Å². The minimum atomic E-state index is -4.35. The van der Waals surface area contributed by atoms with Crippen molar-refractivity contribution in [2.24, 2.45) is 5.73 Å². The van der Waals surface area contributed by atoms with Crippen molar-refractivity contribution >= 4 is 19.8 Å². The van der Waals surface area contributed by atoms with Crippen molar-refractivity contribution in [2.45, 2.75) is 193 Å². The Balaban J connectivity index is 4.27. The Hall–Kier alpha value is -0.990. The maximum atomic E-state index is 12.5. The van der Waals surface area contributed by atoms with E-state index < -0.39 is 26.5 Å². The predicted molar refractivity (Wildman–Crippen MR) is 188 cm³/mol. The summed E-state index contributed by atoms with van der Waals surface area (Å²) < 4.78 is 33.0. The van der Waals surface area contributed by atoms with Crippen LogP contribution in [0.15, 0.2) is 0 Å². The highest BCUT2D eigenvalue weighted by Gasteiger charge is 2.26. The second-order valence-electron chi connectivity index (χ2n) is 12.8. The van der Waals surface area contributed by atoms with Crippen LogP contribution in [-0.2, 0) is 32.7 Å². The third kappa shape index (κ3) is 32.9. The van der Waals surface area contributed by atoms with Crippen LogP contribution in [0.5, 0.6) is 0 Å². The molecule has 0 aromatic heterocycles. The number of carbonyl (C=O) groups excluding carboxylic acids is 2. The van der Waals surface area contributed by atoms with Gasteiger partial charge >= 0.3 is 19.8 Å². The van der Waals surface area contributed by atoms with E-state index in [0.717, 1.165) is 32.1 Å². The van der Waals surface area contributed by atoms with Crippen LogP contribution in [0.25, 0.3) is 0 Å². The van der Waals surface area contributed by atoms with E-state index in [1.807, 2.05) is 0 Å². The quantitative estimate of drug-likeness (QED) is 0.0377. The first-order chi connectivity index (χ1) is 22.3. The summed E-state index contributed by atoms with van der Waals surface area (Å²) in [6.45, 7) is 4.13. The molecule has 2 atom stereocenters. The lowest BCUT2D eigenvalue weighted by molar-refractivity contribution is -0.161. The third-order valence-electron chi connectivity index (χ3n) is 8.22. The van der Waals surface area contributed by atoms with Crippen molar-refractivity contribution in [1.29, 1.82) is 0 Å². The normalized spacial score (nSPS) is 13.4. The monoisotopic (exact) mass is 677 g/mol. The van der Waals surface area contributed by atoms with E-state index in [2.05, 4.69) is 13.8 Å². The number of esters is 2. The summed E-state index contributed by atoms with van der Waals surface area (Å²) in [6.07, 6.45) is 28.9. The molecule has 0 amide bonds. The Bertz CT molecular complexity index is 739. The van der Waals surface area contributed by atoms with Crippen LogP contribution in [0.3, 0.4) is 0 Å². The van der Waals surface area contributed by atoms with E-state index >= 15 is 0 Å². The molecule has 0 saturated heterocycles. The van der Waals surface area contributed by atoms with Crippen LogP contribution in [0.1, 0.15) is 187 Å². The molecule has 0 aromatic rings. The Morgan fingerprint density at radius 3 is 1.37 bits per heavy atom. The summed E-state index contributed by atoms with van der Waals surface area (Å²) in [7, 11) is -4.35. The topological polar surface area (TPSA) is 134 Å². The van der Waals surface area contributed by atoms with E-state index in [-0.39, 0.29) is 25.6 Å².